The first-order valence-electron chi connectivity index (χ1n) is 12.0. The van der Waals surface area contributed by atoms with Gasteiger partial charge in [-0.2, -0.15) is 0 Å². The topological polar surface area (TPSA) is 32.8 Å². The maximum atomic E-state index is 13.2. The van der Waals surface area contributed by atoms with E-state index < -0.39 is 0 Å². The van der Waals surface area contributed by atoms with Gasteiger partial charge in [0.1, 0.15) is 5.82 Å². The number of nitrogens with zero attached hydrogens (tertiary/aromatic N) is 2. The zero-order valence-corrected chi connectivity index (χ0v) is 19.8. The van der Waals surface area contributed by atoms with Gasteiger partial charge in [-0.3, -0.25) is 4.90 Å². The van der Waals surface area contributed by atoms with Gasteiger partial charge in [-0.15, -0.1) is 0 Å². The van der Waals surface area contributed by atoms with E-state index in [1.165, 1.54) is 24.8 Å². The Bertz CT molecular complexity index is 1020. The Balaban J connectivity index is 1.46. The SMILES string of the molecule is COC(=O)N(Cc1ccccc1)CC(c1ccccc1)C1CCN(Cc2ccc(F)cc2)CC1. The largest absolute Gasteiger partial charge is 0.453 e. The van der Waals surface area contributed by atoms with Gasteiger partial charge in [-0.1, -0.05) is 72.8 Å². The van der Waals surface area contributed by atoms with Gasteiger partial charge in [0.25, 0.3) is 0 Å². The Morgan fingerprint density at radius 3 is 2.18 bits per heavy atom. The molecule has 1 atom stereocenters. The molecule has 0 aliphatic carbocycles. The molecule has 34 heavy (non-hydrogen) atoms. The van der Waals surface area contributed by atoms with Crippen molar-refractivity contribution in [3.8, 4) is 0 Å². The second-order valence-electron chi connectivity index (χ2n) is 9.09. The molecule has 0 saturated carbocycles. The molecule has 0 spiro atoms. The van der Waals surface area contributed by atoms with Crippen LogP contribution >= 0.6 is 0 Å². The Labute approximate surface area is 202 Å². The Morgan fingerprint density at radius 1 is 0.941 bits per heavy atom. The number of amides is 1. The van der Waals surface area contributed by atoms with Crippen molar-refractivity contribution in [1.29, 1.82) is 0 Å². The lowest BCUT2D eigenvalue weighted by Crippen LogP contribution is -2.40. The Hall–Kier alpha value is -3.18. The van der Waals surface area contributed by atoms with Gasteiger partial charge in [-0.05, 0) is 60.7 Å². The van der Waals surface area contributed by atoms with Crippen LogP contribution in [-0.2, 0) is 17.8 Å². The van der Waals surface area contributed by atoms with Crippen molar-refractivity contribution < 1.29 is 13.9 Å². The second kappa shape index (κ2) is 11.8. The number of benzene rings is 3. The van der Waals surface area contributed by atoms with Gasteiger partial charge in [0.15, 0.2) is 0 Å². The first-order valence-corrected chi connectivity index (χ1v) is 12.0. The lowest BCUT2D eigenvalue weighted by Gasteiger charge is -2.38. The van der Waals surface area contributed by atoms with Crippen LogP contribution in [0, 0.1) is 11.7 Å². The van der Waals surface area contributed by atoms with Gasteiger partial charge < -0.3 is 9.64 Å². The average Bonchev–Trinajstić information content (AvgIpc) is 2.89. The highest BCUT2D eigenvalue weighted by atomic mass is 19.1. The highest BCUT2D eigenvalue weighted by Gasteiger charge is 2.31. The smallest absolute Gasteiger partial charge is 0.409 e. The van der Waals surface area contributed by atoms with Crippen LogP contribution in [0.2, 0.25) is 0 Å². The highest BCUT2D eigenvalue weighted by molar-refractivity contribution is 5.67. The van der Waals surface area contributed by atoms with Crippen molar-refractivity contribution in [1.82, 2.24) is 9.80 Å². The summed E-state index contributed by atoms with van der Waals surface area (Å²) >= 11 is 0. The van der Waals surface area contributed by atoms with E-state index in [1.54, 1.807) is 0 Å². The fourth-order valence-electron chi connectivity index (χ4n) is 4.96. The van der Waals surface area contributed by atoms with Crippen molar-refractivity contribution >= 4 is 6.09 Å². The summed E-state index contributed by atoms with van der Waals surface area (Å²) in [6.45, 7) is 3.96. The minimum Gasteiger partial charge on any atom is -0.453 e. The van der Waals surface area contributed by atoms with Crippen LogP contribution in [0.15, 0.2) is 84.9 Å². The molecule has 0 N–H and O–H groups in total. The standard InChI is InChI=1S/C29H33FN2O2/c1-34-29(33)32(21-23-8-4-2-5-9-23)22-28(25-10-6-3-7-11-25)26-16-18-31(19-17-26)20-24-12-14-27(30)15-13-24/h2-15,26,28H,16-22H2,1H3. The molecule has 1 fully saturated rings. The molecule has 0 aromatic heterocycles. The Morgan fingerprint density at radius 2 is 1.56 bits per heavy atom. The molecule has 1 saturated heterocycles. The van der Waals surface area contributed by atoms with E-state index in [4.69, 9.17) is 4.74 Å². The van der Waals surface area contributed by atoms with Gasteiger partial charge in [0, 0.05) is 25.6 Å². The predicted molar refractivity (Wildman–Crippen MR) is 133 cm³/mol. The van der Waals surface area contributed by atoms with Crippen LogP contribution < -0.4 is 0 Å². The fraction of sp³-hybridized carbons (Fsp3) is 0.345. The van der Waals surface area contributed by atoms with E-state index in [-0.39, 0.29) is 17.8 Å². The maximum Gasteiger partial charge on any atom is 0.409 e. The van der Waals surface area contributed by atoms with Crippen LogP contribution in [0.5, 0.6) is 0 Å². The Kier molecular flexibility index (Phi) is 8.31. The lowest BCUT2D eigenvalue weighted by molar-refractivity contribution is 0.104. The number of likely N-dealkylation sites (tertiary alicyclic amines) is 1. The van der Waals surface area contributed by atoms with Crippen LogP contribution in [0.25, 0.3) is 0 Å². The number of hydrogen-bond donors (Lipinski definition) is 0. The normalized spacial score (nSPS) is 15.6. The highest BCUT2D eigenvalue weighted by Crippen LogP contribution is 2.34. The number of ether oxygens (including phenoxy) is 1. The van der Waals surface area contributed by atoms with E-state index in [0.29, 0.717) is 19.0 Å². The third-order valence-electron chi connectivity index (χ3n) is 6.81. The quantitative estimate of drug-likeness (QED) is 0.408. The minimum atomic E-state index is -0.293. The lowest BCUT2D eigenvalue weighted by atomic mass is 9.79. The number of hydrogen-bond acceptors (Lipinski definition) is 3. The summed E-state index contributed by atoms with van der Waals surface area (Å²) in [7, 11) is 1.45. The molecule has 4 nitrogen and oxygen atoms in total. The van der Waals surface area contributed by atoms with Gasteiger partial charge in [0.2, 0.25) is 0 Å². The summed E-state index contributed by atoms with van der Waals surface area (Å²) < 4.78 is 18.4. The third kappa shape index (κ3) is 6.45. The summed E-state index contributed by atoms with van der Waals surface area (Å²) in [5.74, 6) is 0.505. The number of halogens is 1. The van der Waals surface area contributed by atoms with Gasteiger partial charge in [0.05, 0.1) is 7.11 Å². The summed E-state index contributed by atoms with van der Waals surface area (Å²) in [4.78, 5) is 17.0. The first-order chi connectivity index (χ1) is 16.6. The van der Waals surface area contributed by atoms with Crippen LogP contribution in [0.1, 0.15) is 35.4 Å². The van der Waals surface area contributed by atoms with E-state index in [1.807, 2.05) is 53.4 Å². The molecule has 0 radical (unpaired) electrons. The molecule has 1 aliphatic rings. The molecule has 3 aromatic rings. The maximum absolute atomic E-state index is 13.2. The molecule has 1 aliphatic heterocycles. The van der Waals surface area contributed by atoms with E-state index in [2.05, 4.69) is 29.2 Å². The van der Waals surface area contributed by atoms with E-state index >= 15 is 0 Å². The second-order valence-corrected chi connectivity index (χ2v) is 9.09. The fourth-order valence-corrected chi connectivity index (χ4v) is 4.96. The van der Waals surface area contributed by atoms with E-state index in [0.717, 1.165) is 43.6 Å². The average molecular weight is 461 g/mol. The molecule has 3 aromatic carbocycles. The summed E-state index contributed by atoms with van der Waals surface area (Å²) in [5.41, 5.74) is 3.49. The van der Waals surface area contributed by atoms with Crippen LogP contribution in [0.3, 0.4) is 0 Å². The molecule has 0 bridgehead atoms. The monoisotopic (exact) mass is 460 g/mol. The number of piperidine rings is 1. The van der Waals surface area contributed by atoms with Crippen molar-refractivity contribution in [3.63, 3.8) is 0 Å². The summed E-state index contributed by atoms with van der Waals surface area (Å²) in [5, 5.41) is 0. The molecule has 1 amide bonds. The molecule has 4 rings (SSSR count). The molecular formula is C29H33FN2O2. The van der Waals surface area contributed by atoms with Crippen molar-refractivity contribution in [2.24, 2.45) is 5.92 Å². The van der Waals surface area contributed by atoms with Crippen LogP contribution in [-0.4, -0.2) is 42.6 Å². The number of carbonyl (C=O) groups excluding carboxylic acids is 1. The van der Waals surface area contributed by atoms with Crippen molar-refractivity contribution in [3.05, 3.63) is 107 Å². The van der Waals surface area contributed by atoms with E-state index in [9.17, 15) is 9.18 Å². The first kappa shape index (κ1) is 24.0. The van der Waals surface area contributed by atoms with Gasteiger partial charge in [-0.25, -0.2) is 9.18 Å². The minimum absolute atomic E-state index is 0.196. The predicted octanol–water partition coefficient (Wildman–Crippen LogP) is 6.09. The number of carbonyl (C=O) groups is 1. The molecular weight excluding hydrogens is 427 g/mol. The van der Waals surface area contributed by atoms with Crippen LogP contribution in [0.4, 0.5) is 9.18 Å². The van der Waals surface area contributed by atoms with Crippen molar-refractivity contribution in [2.75, 3.05) is 26.7 Å². The zero-order chi connectivity index (χ0) is 23.8. The molecule has 1 heterocycles. The zero-order valence-electron chi connectivity index (χ0n) is 19.8. The summed E-state index contributed by atoms with van der Waals surface area (Å²) in [6, 6.07) is 27.4. The van der Waals surface area contributed by atoms with Crippen molar-refractivity contribution in [2.45, 2.75) is 31.8 Å². The number of methoxy groups -OCH3 is 1. The summed E-state index contributed by atoms with van der Waals surface area (Å²) in [6.07, 6.45) is 1.82. The molecule has 5 heteroatoms. The molecule has 1 unspecified atom stereocenters. The van der Waals surface area contributed by atoms with Gasteiger partial charge >= 0.3 is 6.09 Å². The number of rotatable bonds is 8. The molecule has 178 valence electrons. The third-order valence-corrected chi connectivity index (χ3v) is 6.81.